The fraction of sp³-hybridized carbons (Fsp3) is 0.636. The summed E-state index contributed by atoms with van der Waals surface area (Å²) in [6.07, 6.45) is 1.71. The third-order valence-corrected chi connectivity index (χ3v) is 2.55. The van der Waals surface area contributed by atoms with Gasteiger partial charge < -0.3 is 9.67 Å². The maximum Gasteiger partial charge on any atom is 0.354 e. The highest BCUT2D eigenvalue weighted by molar-refractivity contribution is 5.87. The Labute approximate surface area is 89.9 Å². The highest BCUT2D eigenvalue weighted by Gasteiger charge is 2.18. The quantitative estimate of drug-likeness (QED) is 0.827. The van der Waals surface area contributed by atoms with Crippen LogP contribution in [0.1, 0.15) is 42.3 Å². The van der Waals surface area contributed by atoms with Crippen molar-refractivity contribution in [2.75, 3.05) is 0 Å². The topological polar surface area (TPSA) is 55.1 Å². The van der Waals surface area contributed by atoms with E-state index in [2.05, 4.69) is 18.8 Å². The number of imidazole rings is 1. The van der Waals surface area contributed by atoms with Gasteiger partial charge in [0.2, 0.25) is 0 Å². The SMILES string of the molecule is Cc1nc(CCC(C)C)c(C(=O)O)n1C. The van der Waals surface area contributed by atoms with Crippen LogP contribution in [0.3, 0.4) is 0 Å². The van der Waals surface area contributed by atoms with Gasteiger partial charge in [-0.1, -0.05) is 13.8 Å². The molecule has 0 aromatic carbocycles. The summed E-state index contributed by atoms with van der Waals surface area (Å²) in [6, 6.07) is 0. The van der Waals surface area contributed by atoms with E-state index in [1.807, 2.05) is 6.92 Å². The summed E-state index contributed by atoms with van der Waals surface area (Å²) >= 11 is 0. The first-order chi connectivity index (χ1) is 6.93. The molecule has 1 N–H and O–H groups in total. The zero-order chi connectivity index (χ0) is 11.6. The molecule has 0 unspecified atom stereocenters. The minimum absolute atomic E-state index is 0.327. The molecule has 1 heterocycles. The fourth-order valence-electron chi connectivity index (χ4n) is 1.55. The van der Waals surface area contributed by atoms with Gasteiger partial charge in [-0.2, -0.15) is 0 Å². The molecule has 4 heteroatoms. The summed E-state index contributed by atoms with van der Waals surface area (Å²) < 4.78 is 1.64. The van der Waals surface area contributed by atoms with Crippen molar-refractivity contribution in [1.82, 2.24) is 9.55 Å². The largest absolute Gasteiger partial charge is 0.477 e. The van der Waals surface area contributed by atoms with Crippen molar-refractivity contribution in [1.29, 1.82) is 0 Å². The zero-order valence-electron chi connectivity index (χ0n) is 9.74. The van der Waals surface area contributed by atoms with Gasteiger partial charge in [-0.3, -0.25) is 0 Å². The summed E-state index contributed by atoms with van der Waals surface area (Å²) in [7, 11) is 1.74. The lowest BCUT2D eigenvalue weighted by atomic mass is 10.1. The van der Waals surface area contributed by atoms with E-state index in [1.165, 1.54) is 0 Å². The van der Waals surface area contributed by atoms with Crippen LogP contribution in [0.15, 0.2) is 0 Å². The predicted molar refractivity (Wildman–Crippen MR) is 58.1 cm³/mol. The third kappa shape index (κ3) is 2.58. The van der Waals surface area contributed by atoms with Gasteiger partial charge in [-0.05, 0) is 25.7 Å². The van der Waals surface area contributed by atoms with Crippen LogP contribution in [0.4, 0.5) is 0 Å². The number of aromatic nitrogens is 2. The second kappa shape index (κ2) is 4.47. The molecule has 0 aliphatic carbocycles. The summed E-state index contributed by atoms with van der Waals surface area (Å²) in [4.78, 5) is 15.3. The Kier molecular flexibility index (Phi) is 3.50. The van der Waals surface area contributed by atoms with E-state index in [0.717, 1.165) is 18.7 Å². The molecule has 1 aromatic heterocycles. The standard InChI is InChI=1S/C11H18N2O2/c1-7(2)5-6-9-10(11(14)15)13(4)8(3)12-9/h7H,5-6H2,1-4H3,(H,14,15). The van der Waals surface area contributed by atoms with Gasteiger partial charge in [0, 0.05) is 7.05 Å². The molecule has 0 bridgehead atoms. The van der Waals surface area contributed by atoms with Crippen molar-refractivity contribution < 1.29 is 9.90 Å². The Hall–Kier alpha value is -1.32. The molecule has 0 radical (unpaired) electrons. The number of aromatic carboxylic acids is 1. The Morgan fingerprint density at radius 1 is 1.53 bits per heavy atom. The molecule has 0 saturated heterocycles. The number of carboxylic acids is 1. The zero-order valence-corrected chi connectivity index (χ0v) is 9.74. The lowest BCUT2D eigenvalue weighted by Crippen LogP contribution is -2.08. The predicted octanol–water partition coefficient (Wildman–Crippen LogP) is 2.02. The number of nitrogens with zero attached hydrogens (tertiary/aromatic N) is 2. The Morgan fingerprint density at radius 3 is 2.60 bits per heavy atom. The van der Waals surface area contributed by atoms with Gasteiger partial charge in [0.15, 0.2) is 0 Å². The average Bonchev–Trinajstić information content (AvgIpc) is 2.39. The van der Waals surface area contributed by atoms with Crippen LogP contribution in [-0.2, 0) is 13.5 Å². The number of rotatable bonds is 4. The van der Waals surface area contributed by atoms with E-state index in [4.69, 9.17) is 5.11 Å². The molecule has 15 heavy (non-hydrogen) atoms. The Morgan fingerprint density at radius 2 is 2.13 bits per heavy atom. The van der Waals surface area contributed by atoms with Gasteiger partial charge in [-0.25, -0.2) is 9.78 Å². The Balaban J connectivity index is 2.96. The number of carboxylic acid groups (broad SMARTS) is 1. The molecule has 0 aliphatic heterocycles. The minimum Gasteiger partial charge on any atom is -0.477 e. The smallest absolute Gasteiger partial charge is 0.354 e. The van der Waals surface area contributed by atoms with Gasteiger partial charge >= 0.3 is 5.97 Å². The van der Waals surface area contributed by atoms with Crippen LogP contribution < -0.4 is 0 Å². The number of carbonyl (C=O) groups is 1. The molecule has 0 saturated carbocycles. The second-order valence-corrected chi connectivity index (χ2v) is 4.25. The molecule has 84 valence electrons. The van der Waals surface area contributed by atoms with Crippen molar-refractivity contribution in [3.05, 3.63) is 17.2 Å². The molecule has 1 rings (SSSR count). The highest BCUT2D eigenvalue weighted by atomic mass is 16.4. The van der Waals surface area contributed by atoms with Crippen molar-refractivity contribution in [3.63, 3.8) is 0 Å². The van der Waals surface area contributed by atoms with E-state index in [-0.39, 0.29) is 0 Å². The second-order valence-electron chi connectivity index (χ2n) is 4.25. The van der Waals surface area contributed by atoms with Crippen molar-refractivity contribution >= 4 is 5.97 Å². The first kappa shape index (κ1) is 11.8. The number of hydrogen-bond acceptors (Lipinski definition) is 2. The van der Waals surface area contributed by atoms with Crippen LogP contribution >= 0.6 is 0 Å². The van der Waals surface area contributed by atoms with E-state index >= 15 is 0 Å². The first-order valence-corrected chi connectivity index (χ1v) is 5.19. The Bertz CT molecular complexity index is 367. The summed E-state index contributed by atoms with van der Waals surface area (Å²) in [5, 5.41) is 9.06. The molecular formula is C11H18N2O2. The van der Waals surface area contributed by atoms with Crippen LogP contribution in [-0.4, -0.2) is 20.6 Å². The third-order valence-electron chi connectivity index (χ3n) is 2.55. The maximum atomic E-state index is 11.0. The molecule has 0 fully saturated rings. The van der Waals surface area contributed by atoms with Gasteiger partial charge in [0.05, 0.1) is 5.69 Å². The normalized spacial score (nSPS) is 11.0. The number of aryl methyl sites for hydroxylation is 2. The molecule has 4 nitrogen and oxygen atoms in total. The summed E-state index contributed by atoms with van der Waals surface area (Å²) in [5.74, 6) is 0.428. The maximum absolute atomic E-state index is 11.0. The molecule has 0 amide bonds. The van der Waals surface area contributed by atoms with Crippen molar-refractivity contribution in [3.8, 4) is 0 Å². The molecule has 0 atom stereocenters. The average molecular weight is 210 g/mol. The molecule has 0 spiro atoms. The van der Waals surface area contributed by atoms with E-state index < -0.39 is 5.97 Å². The molecular weight excluding hydrogens is 192 g/mol. The van der Waals surface area contributed by atoms with Gasteiger partial charge in [0.1, 0.15) is 11.5 Å². The lowest BCUT2D eigenvalue weighted by molar-refractivity contribution is 0.0684. The van der Waals surface area contributed by atoms with E-state index in [9.17, 15) is 4.79 Å². The fourth-order valence-corrected chi connectivity index (χ4v) is 1.55. The molecule has 0 aliphatic rings. The van der Waals surface area contributed by atoms with Crippen LogP contribution in [0.5, 0.6) is 0 Å². The van der Waals surface area contributed by atoms with E-state index in [1.54, 1.807) is 11.6 Å². The van der Waals surface area contributed by atoms with Crippen LogP contribution in [0.25, 0.3) is 0 Å². The van der Waals surface area contributed by atoms with Crippen molar-refractivity contribution in [2.24, 2.45) is 13.0 Å². The van der Waals surface area contributed by atoms with Crippen LogP contribution in [0, 0.1) is 12.8 Å². The minimum atomic E-state index is -0.892. The highest BCUT2D eigenvalue weighted by Crippen LogP contribution is 2.14. The first-order valence-electron chi connectivity index (χ1n) is 5.19. The lowest BCUT2D eigenvalue weighted by Gasteiger charge is -2.03. The van der Waals surface area contributed by atoms with Crippen molar-refractivity contribution in [2.45, 2.75) is 33.6 Å². The van der Waals surface area contributed by atoms with Gasteiger partial charge in [-0.15, -0.1) is 0 Å². The molecule has 1 aromatic rings. The monoisotopic (exact) mass is 210 g/mol. The van der Waals surface area contributed by atoms with Gasteiger partial charge in [0.25, 0.3) is 0 Å². The number of hydrogen-bond donors (Lipinski definition) is 1. The van der Waals surface area contributed by atoms with E-state index in [0.29, 0.717) is 17.3 Å². The summed E-state index contributed by atoms with van der Waals surface area (Å²) in [5.41, 5.74) is 1.03. The van der Waals surface area contributed by atoms with Crippen LogP contribution in [0.2, 0.25) is 0 Å². The summed E-state index contributed by atoms with van der Waals surface area (Å²) in [6.45, 7) is 6.07.